The van der Waals surface area contributed by atoms with E-state index in [-0.39, 0.29) is 35.9 Å². The van der Waals surface area contributed by atoms with Gasteiger partial charge in [-0.3, -0.25) is 19.3 Å². The van der Waals surface area contributed by atoms with Crippen molar-refractivity contribution in [1.82, 2.24) is 10.2 Å². The van der Waals surface area contributed by atoms with Gasteiger partial charge in [-0.25, -0.2) is 4.79 Å². The molecule has 0 radical (unpaired) electrons. The molecule has 1 heterocycles. The highest BCUT2D eigenvalue weighted by molar-refractivity contribution is 6.01. The van der Waals surface area contributed by atoms with Crippen molar-refractivity contribution in [2.45, 2.75) is 52.0 Å². The second kappa shape index (κ2) is 7.50. The molecule has 1 spiro atoms. The van der Waals surface area contributed by atoms with Gasteiger partial charge in [-0.15, -0.1) is 0 Å². The fourth-order valence-electron chi connectivity index (χ4n) is 4.08. The molecular weight excluding hydrogens is 348 g/mol. The Bertz CT molecular complexity index is 776. The summed E-state index contributed by atoms with van der Waals surface area (Å²) < 4.78 is 0. The van der Waals surface area contributed by atoms with Crippen LogP contribution in [0.1, 0.15) is 60.0 Å². The van der Waals surface area contributed by atoms with Gasteiger partial charge < -0.3 is 10.4 Å². The van der Waals surface area contributed by atoms with Gasteiger partial charge in [-0.05, 0) is 48.4 Å². The number of carboxylic acids is 1. The number of amides is 3. The second-order valence-corrected chi connectivity index (χ2v) is 7.66. The molecule has 2 aliphatic rings. The van der Waals surface area contributed by atoms with Gasteiger partial charge in [0.05, 0.1) is 5.56 Å². The number of imide groups is 1. The number of likely N-dealkylation sites (tertiary alicyclic amines) is 1. The topological polar surface area (TPSA) is 104 Å². The first-order chi connectivity index (χ1) is 12.8. The van der Waals surface area contributed by atoms with Crippen molar-refractivity contribution in [2.24, 2.45) is 5.41 Å². The first kappa shape index (κ1) is 19.1. The van der Waals surface area contributed by atoms with Crippen LogP contribution in [-0.4, -0.2) is 40.2 Å². The Morgan fingerprint density at radius 3 is 2.37 bits per heavy atom. The van der Waals surface area contributed by atoms with Crippen molar-refractivity contribution < 1.29 is 24.3 Å². The molecule has 27 heavy (non-hydrogen) atoms. The van der Waals surface area contributed by atoms with E-state index in [9.17, 15) is 19.2 Å². The predicted molar refractivity (Wildman–Crippen MR) is 96.8 cm³/mol. The van der Waals surface area contributed by atoms with Gasteiger partial charge in [0.25, 0.3) is 0 Å². The minimum absolute atomic E-state index is 0.145. The van der Waals surface area contributed by atoms with Gasteiger partial charge in [0.1, 0.15) is 6.54 Å². The molecule has 1 aromatic rings. The van der Waals surface area contributed by atoms with E-state index in [0.717, 1.165) is 36.1 Å². The summed E-state index contributed by atoms with van der Waals surface area (Å²) in [4.78, 5) is 49.2. The average Bonchev–Trinajstić information content (AvgIpc) is 3.04. The van der Waals surface area contributed by atoms with Crippen LogP contribution in [0.25, 0.3) is 0 Å². The first-order valence-corrected chi connectivity index (χ1v) is 9.22. The van der Waals surface area contributed by atoms with Crippen LogP contribution in [0, 0.1) is 12.3 Å². The van der Waals surface area contributed by atoms with E-state index in [2.05, 4.69) is 5.32 Å². The molecule has 3 rings (SSSR count). The third kappa shape index (κ3) is 4.18. The molecule has 0 unspecified atom stereocenters. The van der Waals surface area contributed by atoms with Crippen LogP contribution in [0.15, 0.2) is 18.2 Å². The van der Waals surface area contributed by atoms with Gasteiger partial charge in [0.15, 0.2) is 0 Å². The second-order valence-electron chi connectivity index (χ2n) is 7.66. The minimum Gasteiger partial charge on any atom is -0.478 e. The van der Waals surface area contributed by atoms with Gasteiger partial charge in [-0.2, -0.15) is 0 Å². The fourth-order valence-corrected chi connectivity index (χ4v) is 4.08. The lowest BCUT2D eigenvalue weighted by Crippen LogP contribution is -2.50. The number of carbonyl (C=O) groups excluding carboxylic acids is 3. The Balaban J connectivity index is 1.58. The predicted octanol–water partition coefficient (Wildman–Crippen LogP) is 2.02. The van der Waals surface area contributed by atoms with Crippen LogP contribution in [0.3, 0.4) is 0 Å². The molecule has 1 saturated heterocycles. The number of hydrogen-bond donors (Lipinski definition) is 2. The molecule has 7 heteroatoms. The number of rotatable bonds is 5. The molecular formula is C20H24N2O5. The fraction of sp³-hybridized carbons (Fsp3) is 0.500. The third-order valence-corrected chi connectivity index (χ3v) is 5.69. The maximum Gasteiger partial charge on any atom is 0.335 e. The number of carboxylic acid groups (broad SMARTS) is 1. The van der Waals surface area contributed by atoms with Crippen molar-refractivity contribution in [3.8, 4) is 0 Å². The average molecular weight is 372 g/mol. The number of nitrogens with one attached hydrogen (secondary N) is 1. The largest absolute Gasteiger partial charge is 0.478 e. The zero-order valence-corrected chi connectivity index (χ0v) is 15.4. The summed E-state index contributed by atoms with van der Waals surface area (Å²) in [5.74, 6) is -2.01. The lowest BCUT2D eigenvalue weighted by atomic mass is 9.76. The summed E-state index contributed by atoms with van der Waals surface area (Å²) in [6, 6.07) is 4.70. The summed E-state index contributed by atoms with van der Waals surface area (Å²) in [6.07, 6.45) is 4.59. The van der Waals surface area contributed by atoms with Gasteiger partial charge in [0.2, 0.25) is 17.7 Å². The number of piperidine rings is 1. The van der Waals surface area contributed by atoms with Crippen LogP contribution in [0.2, 0.25) is 0 Å². The van der Waals surface area contributed by atoms with E-state index in [0.29, 0.717) is 18.4 Å². The molecule has 0 bridgehead atoms. The number of hydrogen-bond acceptors (Lipinski definition) is 4. The third-order valence-electron chi connectivity index (χ3n) is 5.69. The number of aromatic carboxylic acids is 1. The van der Waals surface area contributed by atoms with Gasteiger partial charge in [-0.1, -0.05) is 18.9 Å². The number of carbonyl (C=O) groups is 4. The molecule has 144 valence electrons. The van der Waals surface area contributed by atoms with Gasteiger partial charge >= 0.3 is 5.97 Å². The Kier molecular flexibility index (Phi) is 5.30. The van der Waals surface area contributed by atoms with E-state index >= 15 is 0 Å². The van der Waals surface area contributed by atoms with Crippen molar-refractivity contribution in [3.63, 3.8) is 0 Å². The van der Waals surface area contributed by atoms with Crippen LogP contribution in [0.4, 0.5) is 0 Å². The maximum absolute atomic E-state index is 12.4. The number of nitrogens with zero attached hydrogens (tertiary/aromatic N) is 1. The molecule has 3 amide bonds. The van der Waals surface area contributed by atoms with E-state index in [4.69, 9.17) is 5.11 Å². The highest BCUT2D eigenvalue weighted by Crippen LogP contribution is 2.46. The summed E-state index contributed by atoms with van der Waals surface area (Å²) in [7, 11) is 0. The lowest BCUT2D eigenvalue weighted by Gasteiger charge is -2.36. The van der Waals surface area contributed by atoms with Crippen LogP contribution >= 0.6 is 0 Å². The van der Waals surface area contributed by atoms with Crippen molar-refractivity contribution in [2.75, 3.05) is 6.54 Å². The molecule has 2 N–H and O–H groups in total. The molecule has 1 aliphatic carbocycles. The summed E-state index contributed by atoms with van der Waals surface area (Å²) in [5, 5.41) is 11.7. The Morgan fingerprint density at radius 2 is 1.78 bits per heavy atom. The van der Waals surface area contributed by atoms with Gasteiger partial charge in [0, 0.05) is 19.4 Å². The van der Waals surface area contributed by atoms with Crippen LogP contribution < -0.4 is 5.32 Å². The molecule has 1 saturated carbocycles. The maximum atomic E-state index is 12.4. The van der Waals surface area contributed by atoms with E-state index in [1.54, 1.807) is 6.07 Å². The Hall–Kier alpha value is -2.70. The van der Waals surface area contributed by atoms with E-state index < -0.39 is 11.9 Å². The quantitative estimate of drug-likeness (QED) is 0.770. The summed E-state index contributed by atoms with van der Waals surface area (Å²) in [5.41, 5.74) is 1.50. The highest BCUT2D eigenvalue weighted by atomic mass is 16.4. The zero-order chi connectivity index (χ0) is 19.6. The standard InChI is InChI=1S/C20H24N2O5/c1-13-4-5-14(19(26)27)8-15(13)11-21-16(23)12-22-17(24)9-20(10-18(22)25)6-2-3-7-20/h4-5,8H,2-3,6-7,9-12H2,1H3,(H,21,23)(H,26,27). The van der Waals surface area contributed by atoms with Crippen LogP contribution in [-0.2, 0) is 20.9 Å². The molecule has 0 aromatic heterocycles. The van der Waals surface area contributed by atoms with E-state index in [1.807, 2.05) is 6.92 Å². The minimum atomic E-state index is -1.03. The molecule has 2 fully saturated rings. The highest BCUT2D eigenvalue weighted by Gasteiger charge is 2.45. The first-order valence-electron chi connectivity index (χ1n) is 9.22. The SMILES string of the molecule is Cc1ccc(C(=O)O)cc1CNC(=O)CN1C(=O)CC2(CCCC2)CC1=O. The monoisotopic (exact) mass is 372 g/mol. The Morgan fingerprint density at radius 1 is 1.15 bits per heavy atom. The summed E-state index contributed by atoms with van der Waals surface area (Å²) in [6.45, 7) is 1.68. The normalized spacial score (nSPS) is 18.8. The molecule has 1 aromatic carbocycles. The smallest absolute Gasteiger partial charge is 0.335 e. The zero-order valence-electron chi connectivity index (χ0n) is 15.4. The van der Waals surface area contributed by atoms with E-state index in [1.165, 1.54) is 12.1 Å². The Labute approximate surface area is 157 Å². The number of aryl methyl sites for hydroxylation is 1. The van der Waals surface area contributed by atoms with Crippen molar-refractivity contribution in [3.05, 3.63) is 34.9 Å². The molecule has 7 nitrogen and oxygen atoms in total. The summed E-state index contributed by atoms with van der Waals surface area (Å²) >= 11 is 0. The lowest BCUT2D eigenvalue weighted by molar-refractivity contribution is -0.155. The van der Waals surface area contributed by atoms with Crippen molar-refractivity contribution in [1.29, 1.82) is 0 Å². The molecule has 1 aliphatic heterocycles. The van der Waals surface area contributed by atoms with Crippen LogP contribution in [0.5, 0.6) is 0 Å². The number of benzene rings is 1. The van der Waals surface area contributed by atoms with Crippen molar-refractivity contribution >= 4 is 23.7 Å². The molecule has 0 atom stereocenters.